The van der Waals surface area contributed by atoms with Crippen molar-refractivity contribution >= 4 is 0 Å². The van der Waals surface area contributed by atoms with E-state index < -0.39 is 0 Å². The lowest BCUT2D eigenvalue weighted by atomic mass is 10.1. The molecular formula is C13H21N3O. The molecule has 94 valence electrons. The molecule has 2 fully saturated rings. The minimum Gasteiger partial charge on any atom is -0.339 e. The van der Waals surface area contributed by atoms with Gasteiger partial charge in [-0.25, -0.2) is 0 Å². The van der Waals surface area contributed by atoms with Crippen LogP contribution in [0.4, 0.5) is 0 Å². The van der Waals surface area contributed by atoms with E-state index in [2.05, 4.69) is 22.4 Å². The van der Waals surface area contributed by atoms with E-state index in [4.69, 9.17) is 4.52 Å². The molecule has 0 aliphatic heterocycles. The molecule has 1 N–H and O–H groups in total. The molecular weight excluding hydrogens is 214 g/mol. The molecule has 1 heterocycles. The highest BCUT2D eigenvalue weighted by Crippen LogP contribution is 2.34. The zero-order chi connectivity index (χ0) is 11.7. The summed E-state index contributed by atoms with van der Waals surface area (Å²) >= 11 is 0. The molecule has 2 aliphatic carbocycles. The zero-order valence-corrected chi connectivity index (χ0v) is 10.5. The fourth-order valence-corrected chi connectivity index (χ4v) is 2.39. The van der Waals surface area contributed by atoms with Crippen LogP contribution >= 0.6 is 0 Å². The fraction of sp³-hybridized carbons (Fsp3) is 0.846. The molecule has 3 rings (SSSR count). The maximum absolute atomic E-state index is 5.35. The number of nitrogens with zero attached hydrogens (tertiary/aromatic N) is 2. The topological polar surface area (TPSA) is 51.0 Å². The van der Waals surface area contributed by atoms with Gasteiger partial charge in [0.1, 0.15) is 0 Å². The van der Waals surface area contributed by atoms with Gasteiger partial charge in [0, 0.05) is 18.9 Å². The van der Waals surface area contributed by atoms with E-state index in [0.717, 1.165) is 42.9 Å². The minimum absolute atomic E-state index is 0.536. The second-order valence-electron chi connectivity index (χ2n) is 5.46. The average molecular weight is 235 g/mol. The summed E-state index contributed by atoms with van der Waals surface area (Å²) < 4.78 is 5.35. The summed E-state index contributed by atoms with van der Waals surface area (Å²) in [7, 11) is 0. The van der Waals surface area contributed by atoms with Gasteiger partial charge < -0.3 is 9.84 Å². The number of hydrogen-bond donors (Lipinski definition) is 1. The molecule has 0 radical (unpaired) electrons. The number of rotatable bonds is 7. The van der Waals surface area contributed by atoms with E-state index in [1.807, 2.05) is 0 Å². The molecule has 0 spiro atoms. The van der Waals surface area contributed by atoms with Gasteiger partial charge in [0.15, 0.2) is 5.82 Å². The Balaban J connectivity index is 1.56. The van der Waals surface area contributed by atoms with Gasteiger partial charge in [0.2, 0.25) is 5.89 Å². The molecule has 0 saturated heterocycles. The van der Waals surface area contributed by atoms with E-state index in [-0.39, 0.29) is 0 Å². The molecule has 1 aromatic rings. The fourth-order valence-electron chi connectivity index (χ4n) is 2.39. The first-order chi connectivity index (χ1) is 8.35. The highest BCUT2D eigenvalue weighted by Gasteiger charge is 2.32. The SMILES string of the molecule is CCNC(Cc1nc(CC2CC2)no1)C1CC1. The third kappa shape index (κ3) is 3.06. The second-order valence-corrected chi connectivity index (χ2v) is 5.46. The maximum atomic E-state index is 5.35. The lowest BCUT2D eigenvalue weighted by Crippen LogP contribution is -2.33. The molecule has 17 heavy (non-hydrogen) atoms. The quantitative estimate of drug-likeness (QED) is 0.785. The van der Waals surface area contributed by atoms with Crippen molar-refractivity contribution in [3.05, 3.63) is 11.7 Å². The molecule has 2 aliphatic rings. The van der Waals surface area contributed by atoms with Crippen molar-refractivity contribution in [2.45, 2.75) is 51.5 Å². The number of nitrogens with one attached hydrogen (secondary N) is 1. The van der Waals surface area contributed by atoms with E-state index in [9.17, 15) is 0 Å². The maximum Gasteiger partial charge on any atom is 0.228 e. The first kappa shape index (κ1) is 11.2. The third-order valence-electron chi connectivity index (χ3n) is 3.73. The number of hydrogen-bond acceptors (Lipinski definition) is 4. The van der Waals surface area contributed by atoms with Crippen molar-refractivity contribution in [3.63, 3.8) is 0 Å². The van der Waals surface area contributed by atoms with Crippen LogP contribution in [-0.4, -0.2) is 22.7 Å². The van der Waals surface area contributed by atoms with Gasteiger partial charge in [-0.15, -0.1) is 0 Å². The second kappa shape index (κ2) is 4.77. The molecule has 1 atom stereocenters. The van der Waals surface area contributed by atoms with Crippen molar-refractivity contribution in [1.29, 1.82) is 0 Å². The number of aromatic nitrogens is 2. The predicted molar refractivity (Wildman–Crippen MR) is 64.6 cm³/mol. The number of likely N-dealkylation sites (N-methyl/N-ethyl adjacent to an activating group) is 1. The molecule has 1 unspecified atom stereocenters. The van der Waals surface area contributed by atoms with E-state index in [1.165, 1.54) is 25.7 Å². The summed E-state index contributed by atoms with van der Waals surface area (Å²) in [6.07, 6.45) is 7.29. The Morgan fingerprint density at radius 3 is 2.82 bits per heavy atom. The van der Waals surface area contributed by atoms with Crippen molar-refractivity contribution in [1.82, 2.24) is 15.5 Å². The lowest BCUT2D eigenvalue weighted by Gasteiger charge is -2.14. The first-order valence-electron chi connectivity index (χ1n) is 6.90. The van der Waals surface area contributed by atoms with Crippen LogP contribution in [0, 0.1) is 11.8 Å². The van der Waals surface area contributed by atoms with Gasteiger partial charge in [-0.2, -0.15) is 4.98 Å². The molecule has 0 amide bonds. The van der Waals surface area contributed by atoms with Gasteiger partial charge in [-0.1, -0.05) is 12.1 Å². The Bertz CT molecular complexity index is 368. The van der Waals surface area contributed by atoms with Crippen LogP contribution in [0.1, 0.15) is 44.3 Å². The van der Waals surface area contributed by atoms with Crippen LogP contribution in [0.5, 0.6) is 0 Å². The summed E-state index contributed by atoms with van der Waals surface area (Å²) in [6.45, 7) is 3.17. The van der Waals surface area contributed by atoms with Crippen LogP contribution in [0.15, 0.2) is 4.52 Å². The van der Waals surface area contributed by atoms with E-state index in [0.29, 0.717) is 6.04 Å². The van der Waals surface area contributed by atoms with Crippen LogP contribution in [0.25, 0.3) is 0 Å². The molecule has 4 nitrogen and oxygen atoms in total. The molecule has 0 bridgehead atoms. The Kier molecular flexibility index (Phi) is 3.14. The van der Waals surface area contributed by atoms with Crippen molar-refractivity contribution < 1.29 is 4.52 Å². The smallest absolute Gasteiger partial charge is 0.228 e. The van der Waals surface area contributed by atoms with Gasteiger partial charge >= 0.3 is 0 Å². The summed E-state index contributed by atoms with van der Waals surface area (Å²) in [6, 6.07) is 0.536. The van der Waals surface area contributed by atoms with Crippen LogP contribution in [-0.2, 0) is 12.8 Å². The van der Waals surface area contributed by atoms with Gasteiger partial charge in [0.25, 0.3) is 0 Å². The van der Waals surface area contributed by atoms with Gasteiger partial charge in [-0.3, -0.25) is 0 Å². The summed E-state index contributed by atoms with van der Waals surface area (Å²) in [5, 5.41) is 7.60. The molecule has 0 aromatic carbocycles. The Morgan fingerprint density at radius 2 is 2.18 bits per heavy atom. The highest BCUT2D eigenvalue weighted by atomic mass is 16.5. The van der Waals surface area contributed by atoms with Crippen LogP contribution in [0.3, 0.4) is 0 Å². The zero-order valence-electron chi connectivity index (χ0n) is 10.5. The summed E-state index contributed by atoms with van der Waals surface area (Å²) in [4.78, 5) is 4.50. The highest BCUT2D eigenvalue weighted by molar-refractivity contribution is 4.96. The van der Waals surface area contributed by atoms with E-state index >= 15 is 0 Å². The lowest BCUT2D eigenvalue weighted by molar-refractivity contribution is 0.344. The Hall–Kier alpha value is -0.900. The Morgan fingerprint density at radius 1 is 1.35 bits per heavy atom. The Labute approximate surface area is 102 Å². The van der Waals surface area contributed by atoms with Crippen LogP contribution in [0.2, 0.25) is 0 Å². The molecule has 1 aromatic heterocycles. The predicted octanol–water partition coefficient (Wildman–Crippen LogP) is 1.95. The first-order valence-corrected chi connectivity index (χ1v) is 6.90. The molecule has 2 saturated carbocycles. The average Bonchev–Trinajstić information content (AvgIpc) is 3.19. The summed E-state index contributed by atoms with van der Waals surface area (Å²) in [5.41, 5.74) is 0. The normalized spacial score (nSPS) is 21.7. The van der Waals surface area contributed by atoms with Crippen molar-refractivity contribution in [2.75, 3.05) is 6.54 Å². The standard InChI is InChI=1S/C13H21N3O/c1-2-14-11(10-5-6-10)8-13-15-12(16-17-13)7-9-3-4-9/h9-11,14H,2-8H2,1H3. The largest absolute Gasteiger partial charge is 0.339 e. The van der Waals surface area contributed by atoms with Crippen LogP contribution < -0.4 is 5.32 Å². The van der Waals surface area contributed by atoms with Crippen molar-refractivity contribution in [2.24, 2.45) is 11.8 Å². The monoisotopic (exact) mass is 235 g/mol. The third-order valence-corrected chi connectivity index (χ3v) is 3.73. The summed E-state index contributed by atoms with van der Waals surface area (Å²) in [5.74, 6) is 3.38. The molecule has 4 heteroatoms. The van der Waals surface area contributed by atoms with Crippen molar-refractivity contribution in [3.8, 4) is 0 Å². The minimum atomic E-state index is 0.536. The van der Waals surface area contributed by atoms with Gasteiger partial charge in [0.05, 0.1) is 0 Å². The van der Waals surface area contributed by atoms with Gasteiger partial charge in [-0.05, 0) is 44.1 Å². The van der Waals surface area contributed by atoms with E-state index in [1.54, 1.807) is 0 Å².